The van der Waals surface area contributed by atoms with E-state index < -0.39 is 11.9 Å². The van der Waals surface area contributed by atoms with E-state index in [1.165, 1.54) is 0 Å². The average molecular weight is 382 g/mol. The molecule has 1 fully saturated rings. The molecule has 0 spiro atoms. The van der Waals surface area contributed by atoms with Crippen LogP contribution in [-0.2, 0) is 25.7 Å². The molecule has 28 heavy (non-hydrogen) atoms. The molecule has 0 heterocycles. The summed E-state index contributed by atoms with van der Waals surface area (Å²) >= 11 is 0. The smallest absolute Gasteiger partial charge is 0.325 e. The van der Waals surface area contributed by atoms with Crippen molar-refractivity contribution in [1.82, 2.24) is 5.32 Å². The van der Waals surface area contributed by atoms with Crippen molar-refractivity contribution < 1.29 is 23.9 Å². The molecule has 146 valence electrons. The van der Waals surface area contributed by atoms with Crippen LogP contribution in [0.4, 0.5) is 5.69 Å². The van der Waals surface area contributed by atoms with Crippen molar-refractivity contribution in [3.8, 4) is 5.75 Å². The topological polar surface area (TPSA) is 93.7 Å². The highest BCUT2D eigenvalue weighted by atomic mass is 16.5. The van der Waals surface area contributed by atoms with E-state index in [1.807, 2.05) is 30.3 Å². The van der Waals surface area contributed by atoms with E-state index in [2.05, 4.69) is 10.6 Å². The second-order valence-corrected chi connectivity index (χ2v) is 6.50. The molecular formula is C21H22N2O5. The normalized spacial score (nSPS) is 12.7. The first-order valence-corrected chi connectivity index (χ1v) is 9.10. The van der Waals surface area contributed by atoms with Gasteiger partial charge in [-0.25, -0.2) is 0 Å². The number of esters is 1. The zero-order chi connectivity index (χ0) is 19.8. The van der Waals surface area contributed by atoms with Crippen LogP contribution in [-0.4, -0.2) is 30.9 Å². The maximum Gasteiger partial charge on any atom is 0.325 e. The van der Waals surface area contributed by atoms with Crippen molar-refractivity contribution in [2.24, 2.45) is 5.92 Å². The number of rotatable bonds is 9. The lowest BCUT2D eigenvalue weighted by molar-refractivity contribution is -0.145. The Kier molecular flexibility index (Phi) is 6.62. The van der Waals surface area contributed by atoms with Crippen LogP contribution in [0.1, 0.15) is 18.4 Å². The number of carbonyl (C=O) groups excluding carboxylic acids is 3. The van der Waals surface area contributed by atoms with E-state index in [1.54, 1.807) is 24.3 Å². The van der Waals surface area contributed by atoms with Crippen LogP contribution in [0.15, 0.2) is 54.6 Å². The number of amides is 2. The zero-order valence-electron chi connectivity index (χ0n) is 15.4. The number of carbonyl (C=O) groups is 3. The zero-order valence-corrected chi connectivity index (χ0v) is 15.4. The third-order valence-electron chi connectivity index (χ3n) is 4.09. The Hall–Kier alpha value is -3.35. The number of hydrogen-bond acceptors (Lipinski definition) is 5. The standard InChI is InChI=1S/C21H22N2O5/c24-19(22-12-20(25)28-13-15-5-2-1-3-6-15)14-27-18-8-4-7-17(11-18)23-21(26)16-9-10-16/h1-8,11,16H,9-10,12-14H2,(H,22,24)(H,23,26). The highest BCUT2D eigenvalue weighted by Gasteiger charge is 2.29. The van der Waals surface area contributed by atoms with Gasteiger partial charge in [-0.05, 0) is 30.5 Å². The number of hydrogen-bond donors (Lipinski definition) is 2. The fraction of sp³-hybridized carbons (Fsp3) is 0.286. The van der Waals surface area contributed by atoms with Crippen molar-refractivity contribution in [2.45, 2.75) is 19.4 Å². The fourth-order valence-corrected chi connectivity index (χ4v) is 2.41. The van der Waals surface area contributed by atoms with Gasteiger partial charge < -0.3 is 20.1 Å². The van der Waals surface area contributed by atoms with Crippen LogP contribution in [0, 0.1) is 5.92 Å². The minimum Gasteiger partial charge on any atom is -0.484 e. The molecule has 3 rings (SSSR count). The summed E-state index contributed by atoms with van der Waals surface area (Å²) in [4.78, 5) is 35.3. The molecule has 2 amide bonds. The molecule has 2 aromatic rings. The van der Waals surface area contributed by atoms with Crippen LogP contribution < -0.4 is 15.4 Å². The van der Waals surface area contributed by atoms with Crippen LogP contribution in [0.3, 0.4) is 0 Å². The second kappa shape index (κ2) is 9.55. The summed E-state index contributed by atoms with van der Waals surface area (Å²) in [5, 5.41) is 5.27. The highest BCUT2D eigenvalue weighted by Crippen LogP contribution is 2.30. The summed E-state index contributed by atoms with van der Waals surface area (Å²) in [5.41, 5.74) is 1.50. The largest absolute Gasteiger partial charge is 0.484 e. The van der Waals surface area contributed by atoms with Crippen molar-refractivity contribution in [1.29, 1.82) is 0 Å². The van der Waals surface area contributed by atoms with Gasteiger partial charge >= 0.3 is 5.97 Å². The lowest BCUT2D eigenvalue weighted by Crippen LogP contribution is -2.34. The van der Waals surface area contributed by atoms with Gasteiger partial charge in [0, 0.05) is 17.7 Å². The molecule has 0 aromatic heterocycles. The summed E-state index contributed by atoms with van der Waals surface area (Å²) in [6, 6.07) is 16.1. The molecule has 1 saturated carbocycles. The Labute approximate surface area is 163 Å². The molecule has 2 N–H and O–H groups in total. The van der Waals surface area contributed by atoms with E-state index in [0.717, 1.165) is 18.4 Å². The number of anilines is 1. The third kappa shape index (κ3) is 6.42. The Morgan fingerprint density at radius 3 is 2.54 bits per heavy atom. The maximum atomic E-state index is 11.8. The summed E-state index contributed by atoms with van der Waals surface area (Å²) in [5.74, 6) is -0.401. The van der Waals surface area contributed by atoms with Gasteiger partial charge in [0.1, 0.15) is 18.9 Å². The summed E-state index contributed by atoms with van der Waals surface area (Å²) in [7, 11) is 0. The molecule has 0 unspecified atom stereocenters. The molecule has 0 saturated heterocycles. The first kappa shape index (κ1) is 19.4. The molecular weight excluding hydrogens is 360 g/mol. The van der Waals surface area contributed by atoms with Gasteiger partial charge in [0.25, 0.3) is 5.91 Å². The molecule has 7 heteroatoms. The molecule has 1 aliphatic carbocycles. The predicted octanol–water partition coefficient (Wildman–Crippen LogP) is 2.27. The Morgan fingerprint density at radius 1 is 1.00 bits per heavy atom. The quantitative estimate of drug-likeness (QED) is 0.649. The SMILES string of the molecule is O=C(COc1cccc(NC(=O)C2CC2)c1)NCC(=O)OCc1ccccc1. The van der Waals surface area contributed by atoms with E-state index >= 15 is 0 Å². The molecule has 0 bridgehead atoms. The first-order valence-electron chi connectivity index (χ1n) is 9.10. The van der Waals surface area contributed by atoms with Crippen molar-refractivity contribution in [2.75, 3.05) is 18.5 Å². The number of ether oxygens (including phenoxy) is 2. The number of nitrogens with one attached hydrogen (secondary N) is 2. The average Bonchev–Trinajstić information content (AvgIpc) is 3.56. The maximum absolute atomic E-state index is 11.8. The van der Waals surface area contributed by atoms with Gasteiger partial charge in [-0.2, -0.15) is 0 Å². The Balaban J connectivity index is 1.35. The Morgan fingerprint density at radius 2 is 1.79 bits per heavy atom. The summed E-state index contributed by atoms with van der Waals surface area (Å²) < 4.78 is 10.5. The van der Waals surface area contributed by atoms with Crippen LogP contribution in [0.5, 0.6) is 5.75 Å². The van der Waals surface area contributed by atoms with E-state index in [9.17, 15) is 14.4 Å². The number of benzene rings is 2. The minimum absolute atomic E-state index is 0.00362. The van der Waals surface area contributed by atoms with E-state index in [-0.39, 0.29) is 31.6 Å². The van der Waals surface area contributed by atoms with Crippen molar-refractivity contribution in [3.05, 3.63) is 60.2 Å². The molecule has 7 nitrogen and oxygen atoms in total. The highest BCUT2D eigenvalue weighted by molar-refractivity contribution is 5.94. The monoisotopic (exact) mass is 382 g/mol. The van der Waals surface area contributed by atoms with Gasteiger partial charge in [-0.3, -0.25) is 14.4 Å². The van der Waals surface area contributed by atoms with Gasteiger partial charge in [0.15, 0.2) is 6.61 Å². The summed E-state index contributed by atoms with van der Waals surface area (Å²) in [6.07, 6.45) is 1.85. The minimum atomic E-state index is -0.526. The molecule has 0 radical (unpaired) electrons. The second-order valence-electron chi connectivity index (χ2n) is 6.50. The van der Waals surface area contributed by atoms with Crippen molar-refractivity contribution in [3.63, 3.8) is 0 Å². The van der Waals surface area contributed by atoms with Crippen molar-refractivity contribution >= 4 is 23.5 Å². The van der Waals surface area contributed by atoms with E-state index in [0.29, 0.717) is 11.4 Å². The summed E-state index contributed by atoms with van der Waals surface area (Å²) in [6.45, 7) is -0.316. The van der Waals surface area contributed by atoms with Gasteiger partial charge in [0.05, 0.1) is 0 Å². The fourth-order valence-electron chi connectivity index (χ4n) is 2.41. The molecule has 0 atom stereocenters. The van der Waals surface area contributed by atoms with Crippen LogP contribution in [0.25, 0.3) is 0 Å². The predicted molar refractivity (Wildman–Crippen MR) is 103 cm³/mol. The van der Waals surface area contributed by atoms with Crippen LogP contribution >= 0.6 is 0 Å². The first-order chi connectivity index (χ1) is 13.6. The molecule has 1 aliphatic rings. The van der Waals surface area contributed by atoms with Gasteiger partial charge in [0.2, 0.25) is 5.91 Å². The lowest BCUT2D eigenvalue weighted by Gasteiger charge is -2.10. The molecule has 0 aliphatic heterocycles. The van der Waals surface area contributed by atoms with Gasteiger partial charge in [-0.1, -0.05) is 36.4 Å². The third-order valence-corrected chi connectivity index (χ3v) is 4.09. The Bertz CT molecular complexity index is 834. The van der Waals surface area contributed by atoms with Gasteiger partial charge in [-0.15, -0.1) is 0 Å². The van der Waals surface area contributed by atoms with E-state index in [4.69, 9.17) is 9.47 Å². The van der Waals surface area contributed by atoms with Crippen LogP contribution in [0.2, 0.25) is 0 Å². The molecule has 2 aromatic carbocycles. The lowest BCUT2D eigenvalue weighted by atomic mass is 10.2.